The number of hydrazine groups is 1. The summed E-state index contributed by atoms with van der Waals surface area (Å²) in [6.07, 6.45) is 5.65. The minimum absolute atomic E-state index is 0.171. The zero-order chi connectivity index (χ0) is 16.1. The van der Waals surface area contributed by atoms with Crippen molar-refractivity contribution >= 4 is 0 Å². The van der Waals surface area contributed by atoms with Gasteiger partial charge in [-0.25, -0.2) is 9.82 Å². The molecule has 2 unspecified atom stereocenters. The van der Waals surface area contributed by atoms with E-state index in [9.17, 15) is 4.39 Å². The molecule has 0 radical (unpaired) electrons. The Morgan fingerprint density at radius 3 is 2.83 bits per heavy atom. The van der Waals surface area contributed by atoms with Gasteiger partial charge in [0, 0.05) is 37.6 Å². The SMILES string of the molecule is CN(CCc1ccncc1)CC1CC(c2cccc(F)c2)NN1. The molecule has 2 atom stereocenters. The predicted octanol–water partition coefficient (Wildman–Crippen LogP) is 2.30. The first-order valence-corrected chi connectivity index (χ1v) is 8.04. The van der Waals surface area contributed by atoms with Crippen LogP contribution in [-0.2, 0) is 6.42 Å². The number of pyridine rings is 1. The van der Waals surface area contributed by atoms with Crippen molar-refractivity contribution in [3.8, 4) is 0 Å². The Balaban J connectivity index is 1.46. The molecule has 1 saturated heterocycles. The lowest BCUT2D eigenvalue weighted by Gasteiger charge is -2.20. The second kappa shape index (κ2) is 7.64. The summed E-state index contributed by atoms with van der Waals surface area (Å²) in [5, 5.41) is 0. The lowest BCUT2D eigenvalue weighted by Crippen LogP contribution is -2.39. The summed E-state index contributed by atoms with van der Waals surface area (Å²) in [7, 11) is 2.14. The second-order valence-electron chi connectivity index (χ2n) is 6.20. The van der Waals surface area contributed by atoms with Gasteiger partial charge < -0.3 is 4.90 Å². The van der Waals surface area contributed by atoms with Gasteiger partial charge in [0.05, 0.1) is 0 Å². The topological polar surface area (TPSA) is 40.2 Å². The van der Waals surface area contributed by atoms with Crippen LogP contribution in [0.5, 0.6) is 0 Å². The highest BCUT2D eigenvalue weighted by molar-refractivity contribution is 5.21. The van der Waals surface area contributed by atoms with E-state index >= 15 is 0 Å². The fraction of sp³-hybridized carbons (Fsp3) is 0.389. The molecular weight excluding hydrogens is 291 g/mol. The van der Waals surface area contributed by atoms with Crippen LogP contribution in [-0.4, -0.2) is 36.1 Å². The molecule has 4 nitrogen and oxygen atoms in total. The molecule has 1 aliphatic rings. The number of benzene rings is 1. The van der Waals surface area contributed by atoms with Gasteiger partial charge in [0.15, 0.2) is 0 Å². The quantitative estimate of drug-likeness (QED) is 0.858. The molecule has 0 aliphatic carbocycles. The zero-order valence-corrected chi connectivity index (χ0v) is 13.4. The Labute approximate surface area is 136 Å². The summed E-state index contributed by atoms with van der Waals surface area (Å²) in [5.41, 5.74) is 8.91. The maximum absolute atomic E-state index is 13.3. The van der Waals surface area contributed by atoms with Gasteiger partial charge in [0.1, 0.15) is 5.82 Å². The van der Waals surface area contributed by atoms with Crippen molar-refractivity contribution in [2.45, 2.75) is 24.9 Å². The van der Waals surface area contributed by atoms with Crippen LogP contribution in [0.3, 0.4) is 0 Å². The molecular formula is C18H23FN4. The van der Waals surface area contributed by atoms with E-state index in [1.807, 2.05) is 18.5 Å². The third kappa shape index (κ3) is 4.58. The van der Waals surface area contributed by atoms with Gasteiger partial charge in [-0.05, 0) is 55.3 Å². The summed E-state index contributed by atoms with van der Waals surface area (Å²) in [6.45, 7) is 1.97. The first kappa shape index (κ1) is 16.1. The van der Waals surface area contributed by atoms with Crippen LogP contribution in [0.4, 0.5) is 4.39 Å². The molecule has 0 spiro atoms. The van der Waals surface area contributed by atoms with Gasteiger partial charge in [0.2, 0.25) is 0 Å². The Morgan fingerprint density at radius 2 is 2.04 bits per heavy atom. The highest BCUT2D eigenvalue weighted by Crippen LogP contribution is 2.23. The van der Waals surface area contributed by atoms with Crippen LogP contribution in [0.1, 0.15) is 23.6 Å². The second-order valence-corrected chi connectivity index (χ2v) is 6.20. The van der Waals surface area contributed by atoms with E-state index in [4.69, 9.17) is 0 Å². The summed E-state index contributed by atoms with van der Waals surface area (Å²) in [5.74, 6) is -0.179. The molecule has 0 amide bonds. The fourth-order valence-corrected chi connectivity index (χ4v) is 3.02. The summed E-state index contributed by atoms with van der Waals surface area (Å²) in [6, 6.07) is 11.5. The van der Waals surface area contributed by atoms with Crippen LogP contribution in [0.25, 0.3) is 0 Å². The van der Waals surface area contributed by atoms with E-state index in [-0.39, 0.29) is 11.9 Å². The van der Waals surface area contributed by atoms with Gasteiger partial charge in [0.25, 0.3) is 0 Å². The van der Waals surface area contributed by atoms with E-state index in [1.54, 1.807) is 12.1 Å². The molecule has 2 N–H and O–H groups in total. The Hall–Kier alpha value is -1.82. The third-order valence-electron chi connectivity index (χ3n) is 4.30. The summed E-state index contributed by atoms with van der Waals surface area (Å²) < 4.78 is 13.3. The van der Waals surface area contributed by atoms with Crippen molar-refractivity contribution in [1.82, 2.24) is 20.7 Å². The Bertz CT molecular complexity index is 619. The smallest absolute Gasteiger partial charge is 0.123 e. The zero-order valence-electron chi connectivity index (χ0n) is 13.4. The first-order valence-electron chi connectivity index (χ1n) is 8.04. The highest BCUT2D eigenvalue weighted by atomic mass is 19.1. The molecule has 23 heavy (non-hydrogen) atoms. The monoisotopic (exact) mass is 314 g/mol. The number of likely N-dealkylation sites (N-methyl/N-ethyl adjacent to an activating group) is 1. The summed E-state index contributed by atoms with van der Waals surface area (Å²) in [4.78, 5) is 6.37. The van der Waals surface area contributed by atoms with Gasteiger partial charge >= 0.3 is 0 Å². The minimum Gasteiger partial charge on any atom is -0.304 e. The average molecular weight is 314 g/mol. The number of hydrogen-bond donors (Lipinski definition) is 2. The Kier molecular flexibility index (Phi) is 5.33. The van der Waals surface area contributed by atoms with E-state index in [2.05, 4.69) is 39.9 Å². The maximum Gasteiger partial charge on any atom is 0.123 e. The highest BCUT2D eigenvalue weighted by Gasteiger charge is 2.25. The van der Waals surface area contributed by atoms with E-state index in [1.165, 1.54) is 11.6 Å². The van der Waals surface area contributed by atoms with Crippen LogP contribution in [0, 0.1) is 5.82 Å². The molecule has 0 bridgehead atoms. The number of halogens is 1. The van der Waals surface area contributed by atoms with Gasteiger partial charge in [-0.15, -0.1) is 0 Å². The maximum atomic E-state index is 13.3. The number of aromatic nitrogens is 1. The third-order valence-corrected chi connectivity index (χ3v) is 4.30. The fourth-order valence-electron chi connectivity index (χ4n) is 3.02. The molecule has 1 aliphatic heterocycles. The van der Waals surface area contributed by atoms with Crippen molar-refractivity contribution < 1.29 is 4.39 Å². The molecule has 1 aromatic carbocycles. The standard InChI is InChI=1S/C18H23FN4/c1-23(10-7-14-5-8-20-9-6-14)13-17-12-18(22-21-17)15-3-2-4-16(19)11-15/h2-6,8-9,11,17-18,21-22H,7,10,12-13H2,1H3. The average Bonchev–Trinajstić information content (AvgIpc) is 3.02. The van der Waals surface area contributed by atoms with Crippen molar-refractivity contribution in [2.24, 2.45) is 0 Å². The first-order chi connectivity index (χ1) is 11.2. The molecule has 3 rings (SSSR count). The predicted molar refractivity (Wildman–Crippen MR) is 89.3 cm³/mol. The number of nitrogens with one attached hydrogen (secondary N) is 2. The lowest BCUT2D eigenvalue weighted by atomic mass is 10.0. The van der Waals surface area contributed by atoms with Gasteiger partial charge in [-0.1, -0.05) is 12.1 Å². The van der Waals surface area contributed by atoms with Crippen molar-refractivity contribution in [2.75, 3.05) is 20.1 Å². The molecule has 5 heteroatoms. The number of rotatable bonds is 6. The number of hydrogen-bond acceptors (Lipinski definition) is 4. The number of nitrogens with zero attached hydrogens (tertiary/aromatic N) is 2. The van der Waals surface area contributed by atoms with Gasteiger partial charge in [-0.3, -0.25) is 10.4 Å². The Morgan fingerprint density at radius 1 is 1.22 bits per heavy atom. The van der Waals surface area contributed by atoms with E-state index < -0.39 is 0 Å². The van der Waals surface area contributed by atoms with E-state index in [0.29, 0.717) is 6.04 Å². The molecule has 2 heterocycles. The van der Waals surface area contributed by atoms with Crippen LogP contribution in [0.2, 0.25) is 0 Å². The van der Waals surface area contributed by atoms with Crippen molar-refractivity contribution in [1.29, 1.82) is 0 Å². The molecule has 1 aromatic heterocycles. The van der Waals surface area contributed by atoms with Crippen LogP contribution < -0.4 is 10.9 Å². The molecule has 2 aromatic rings. The summed E-state index contributed by atoms with van der Waals surface area (Å²) >= 11 is 0. The van der Waals surface area contributed by atoms with E-state index in [0.717, 1.165) is 31.5 Å². The largest absolute Gasteiger partial charge is 0.304 e. The lowest BCUT2D eigenvalue weighted by molar-refractivity contribution is 0.299. The van der Waals surface area contributed by atoms with Crippen molar-refractivity contribution in [3.05, 3.63) is 65.7 Å². The van der Waals surface area contributed by atoms with Crippen LogP contribution in [0.15, 0.2) is 48.8 Å². The normalized spacial score (nSPS) is 21.0. The molecule has 1 fully saturated rings. The van der Waals surface area contributed by atoms with Crippen molar-refractivity contribution in [3.63, 3.8) is 0 Å². The molecule has 0 saturated carbocycles. The molecule has 122 valence electrons. The van der Waals surface area contributed by atoms with Crippen LogP contribution >= 0.6 is 0 Å². The van der Waals surface area contributed by atoms with Gasteiger partial charge in [-0.2, -0.15) is 0 Å². The minimum atomic E-state index is -0.179.